The normalized spacial score (nSPS) is 20.3. The monoisotopic (exact) mass is 369 g/mol. The number of ether oxygens (including phenoxy) is 2. The van der Waals surface area contributed by atoms with Crippen LogP contribution in [0.5, 0.6) is 0 Å². The Kier molecular flexibility index (Phi) is 8.97. The second kappa shape index (κ2) is 11.2. The van der Waals surface area contributed by atoms with Crippen LogP contribution < -0.4 is 5.32 Å². The van der Waals surface area contributed by atoms with Gasteiger partial charge >= 0.3 is 6.09 Å². The Hall–Kier alpha value is -1.54. The maximum absolute atomic E-state index is 11.8. The minimum atomic E-state index is -0.213. The Balaban J connectivity index is 1.68. The van der Waals surface area contributed by atoms with Crippen molar-refractivity contribution in [3.63, 3.8) is 0 Å². The minimum Gasteiger partial charge on any atom is -0.450 e. The smallest absolute Gasteiger partial charge is 0.409 e. The molecule has 0 bridgehead atoms. The summed E-state index contributed by atoms with van der Waals surface area (Å²) in [6.07, 6.45) is 2.21. The fourth-order valence-electron chi connectivity index (χ4n) is 3.52. The number of guanidine groups is 1. The Labute approximate surface area is 157 Å². The number of nitrogens with one attached hydrogen (secondary N) is 1. The molecular formula is C18H35N5O3. The highest BCUT2D eigenvalue weighted by Crippen LogP contribution is 2.16. The maximum Gasteiger partial charge on any atom is 0.409 e. The number of piperidine rings is 1. The van der Waals surface area contributed by atoms with Crippen LogP contribution in [0, 0.1) is 5.92 Å². The molecule has 8 heteroatoms. The lowest BCUT2D eigenvalue weighted by molar-refractivity contribution is 0.0912. The molecule has 0 unspecified atom stereocenters. The van der Waals surface area contributed by atoms with Crippen LogP contribution in [-0.4, -0.2) is 106 Å². The van der Waals surface area contributed by atoms with Crippen molar-refractivity contribution in [2.24, 2.45) is 10.9 Å². The minimum absolute atomic E-state index is 0.213. The van der Waals surface area contributed by atoms with Gasteiger partial charge in [0.2, 0.25) is 0 Å². The molecule has 0 aromatic rings. The number of methoxy groups -OCH3 is 1. The van der Waals surface area contributed by atoms with Gasteiger partial charge in [0.15, 0.2) is 5.96 Å². The quantitative estimate of drug-likeness (QED) is 0.549. The Morgan fingerprint density at radius 1 is 1.12 bits per heavy atom. The molecule has 0 aromatic heterocycles. The Morgan fingerprint density at radius 3 is 2.35 bits per heavy atom. The van der Waals surface area contributed by atoms with Crippen molar-refractivity contribution in [3.05, 3.63) is 0 Å². The third-order valence-electron chi connectivity index (χ3n) is 5.18. The summed E-state index contributed by atoms with van der Waals surface area (Å²) >= 11 is 0. The van der Waals surface area contributed by atoms with E-state index in [1.54, 1.807) is 12.0 Å². The van der Waals surface area contributed by atoms with Gasteiger partial charge in [-0.3, -0.25) is 4.99 Å². The number of hydrogen-bond acceptors (Lipinski definition) is 5. The van der Waals surface area contributed by atoms with Crippen LogP contribution >= 0.6 is 0 Å². The number of rotatable bonds is 6. The van der Waals surface area contributed by atoms with Crippen LogP contribution in [0.3, 0.4) is 0 Å². The molecule has 2 aliphatic rings. The highest BCUT2D eigenvalue weighted by Gasteiger charge is 2.24. The van der Waals surface area contributed by atoms with E-state index in [0.29, 0.717) is 25.6 Å². The fourth-order valence-corrected chi connectivity index (χ4v) is 3.52. The molecule has 2 aliphatic heterocycles. The molecule has 0 spiro atoms. The molecule has 0 atom stereocenters. The molecule has 2 fully saturated rings. The van der Waals surface area contributed by atoms with Gasteiger partial charge in [0.1, 0.15) is 0 Å². The number of amides is 1. The van der Waals surface area contributed by atoms with Crippen LogP contribution in [0.25, 0.3) is 0 Å². The molecule has 26 heavy (non-hydrogen) atoms. The van der Waals surface area contributed by atoms with Crippen LogP contribution in [-0.2, 0) is 9.47 Å². The van der Waals surface area contributed by atoms with E-state index >= 15 is 0 Å². The van der Waals surface area contributed by atoms with Gasteiger partial charge in [-0.15, -0.1) is 0 Å². The van der Waals surface area contributed by atoms with Crippen molar-refractivity contribution in [3.8, 4) is 0 Å². The number of nitrogens with zero attached hydrogens (tertiary/aromatic N) is 4. The average molecular weight is 370 g/mol. The van der Waals surface area contributed by atoms with E-state index < -0.39 is 0 Å². The Bertz CT molecular complexity index is 444. The molecule has 150 valence electrons. The van der Waals surface area contributed by atoms with E-state index in [1.165, 1.54) is 12.8 Å². The largest absolute Gasteiger partial charge is 0.450 e. The molecule has 2 heterocycles. The number of hydrogen-bond donors (Lipinski definition) is 1. The molecule has 2 saturated heterocycles. The summed E-state index contributed by atoms with van der Waals surface area (Å²) in [6, 6.07) is 0. The van der Waals surface area contributed by atoms with Crippen molar-refractivity contribution in [1.82, 2.24) is 20.0 Å². The summed E-state index contributed by atoms with van der Waals surface area (Å²) in [5, 5.41) is 3.53. The lowest BCUT2D eigenvalue weighted by Crippen LogP contribution is -2.54. The molecule has 1 amide bonds. The zero-order valence-electron chi connectivity index (χ0n) is 16.6. The van der Waals surface area contributed by atoms with Gasteiger partial charge in [-0.25, -0.2) is 4.79 Å². The number of aliphatic imine (C=N–C) groups is 1. The van der Waals surface area contributed by atoms with Gasteiger partial charge in [0, 0.05) is 53.4 Å². The Morgan fingerprint density at radius 2 is 1.77 bits per heavy atom. The zero-order valence-corrected chi connectivity index (χ0v) is 16.6. The number of carbonyl (C=O) groups excluding carboxylic acids is 1. The first-order valence-corrected chi connectivity index (χ1v) is 9.76. The molecule has 0 aromatic carbocycles. The van der Waals surface area contributed by atoms with Gasteiger partial charge in [-0.1, -0.05) is 0 Å². The first-order valence-electron chi connectivity index (χ1n) is 9.76. The van der Waals surface area contributed by atoms with Crippen molar-refractivity contribution >= 4 is 12.1 Å². The highest BCUT2D eigenvalue weighted by molar-refractivity contribution is 5.80. The number of likely N-dealkylation sites (tertiary alicyclic amines) is 1. The summed E-state index contributed by atoms with van der Waals surface area (Å²) < 4.78 is 10.2. The van der Waals surface area contributed by atoms with E-state index in [1.807, 2.05) is 14.0 Å². The lowest BCUT2D eigenvalue weighted by atomic mass is 9.97. The molecule has 2 rings (SSSR count). The molecule has 1 N–H and O–H groups in total. The van der Waals surface area contributed by atoms with E-state index in [4.69, 9.17) is 9.47 Å². The van der Waals surface area contributed by atoms with E-state index in [0.717, 1.165) is 51.8 Å². The molecular weight excluding hydrogens is 334 g/mol. The summed E-state index contributed by atoms with van der Waals surface area (Å²) in [5.41, 5.74) is 0. The predicted molar refractivity (Wildman–Crippen MR) is 103 cm³/mol. The van der Waals surface area contributed by atoms with Crippen LogP contribution in [0.15, 0.2) is 4.99 Å². The van der Waals surface area contributed by atoms with Crippen molar-refractivity contribution in [1.29, 1.82) is 0 Å². The lowest BCUT2D eigenvalue weighted by Gasteiger charge is -2.37. The van der Waals surface area contributed by atoms with E-state index in [-0.39, 0.29) is 6.09 Å². The predicted octanol–water partition coefficient (Wildman–Crippen LogP) is 0.694. The third-order valence-corrected chi connectivity index (χ3v) is 5.18. The van der Waals surface area contributed by atoms with E-state index in [2.05, 4.69) is 20.1 Å². The summed E-state index contributed by atoms with van der Waals surface area (Å²) in [5.74, 6) is 1.63. The molecule has 0 radical (unpaired) electrons. The van der Waals surface area contributed by atoms with E-state index in [9.17, 15) is 4.79 Å². The SMILES string of the molecule is CCOC(=O)N1CCN(C(=NC)NCC2CCN(CCOC)CC2)CC1. The standard InChI is InChI=1S/C18H35N5O3/c1-4-26-18(24)23-11-9-22(10-12-23)17(19-2)20-15-16-5-7-21(8-6-16)13-14-25-3/h16H,4-15H2,1-3H3,(H,19,20). The van der Waals surface area contributed by atoms with Gasteiger partial charge in [-0.2, -0.15) is 0 Å². The van der Waals surface area contributed by atoms with Crippen LogP contribution in [0.1, 0.15) is 19.8 Å². The summed E-state index contributed by atoms with van der Waals surface area (Å²) in [6.45, 7) is 10.3. The van der Waals surface area contributed by atoms with Gasteiger partial charge in [0.25, 0.3) is 0 Å². The summed E-state index contributed by atoms with van der Waals surface area (Å²) in [4.78, 5) is 22.7. The molecule has 0 saturated carbocycles. The number of carbonyl (C=O) groups is 1. The fraction of sp³-hybridized carbons (Fsp3) is 0.889. The summed E-state index contributed by atoms with van der Waals surface area (Å²) in [7, 11) is 3.59. The second-order valence-corrected chi connectivity index (χ2v) is 6.88. The topological polar surface area (TPSA) is 69.6 Å². The van der Waals surface area contributed by atoms with Crippen molar-refractivity contribution in [2.45, 2.75) is 19.8 Å². The first-order chi connectivity index (χ1) is 12.7. The second-order valence-electron chi connectivity index (χ2n) is 6.88. The van der Waals surface area contributed by atoms with Gasteiger partial charge in [-0.05, 0) is 38.8 Å². The first kappa shape index (κ1) is 20.8. The number of piperazine rings is 1. The maximum atomic E-state index is 11.8. The zero-order chi connectivity index (χ0) is 18.8. The van der Waals surface area contributed by atoms with Gasteiger partial charge < -0.3 is 29.5 Å². The van der Waals surface area contributed by atoms with Crippen LogP contribution in [0.4, 0.5) is 4.79 Å². The van der Waals surface area contributed by atoms with Crippen molar-refractivity contribution in [2.75, 3.05) is 79.7 Å². The highest BCUT2D eigenvalue weighted by atomic mass is 16.6. The van der Waals surface area contributed by atoms with Crippen molar-refractivity contribution < 1.29 is 14.3 Å². The van der Waals surface area contributed by atoms with Crippen LogP contribution in [0.2, 0.25) is 0 Å². The third kappa shape index (κ3) is 6.32. The molecule has 8 nitrogen and oxygen atoms in total. The molecule has 0 aliphatic carbocycles. The van der Waals surface area contributed by atoms with Gasteiger partial charge in [0.05, 0.1) is 13.2 Å². The average Bonchev–Trinajstić information content (AvgIpc) is 2.68.